The second-order valence-electron chi connectivity index (χ2n) is 3.19. The highest BCUT2D eigenvalue weighted by Crippen LogP contribution is 2.08. The van der Waals surface area contributed by atoms with Crippen molar-refractivity contribution < 1.29 is 9.90 Å². The van der Waals surface area contributed by atoms with Crippen molar-refractivity contribution in [2.45, 2.75) is 19.5 Å². The van der Waals surface area contributed by atoms with Crippen LogP contribution in [0.4, 0.5) is 0 Å². The first kappa shape index (κ1) is 11.7. The minimum atomic E-state index is -0.498. The van der Waals surface area contributed by atoms with E-state index in [1.807, 2.05) is 6.92 Å². The Morgan fingerprint density at radius 3 is 3.13 bits per heavy atom. The molecular formula is C9H16N4O2. The maximum atomic E-state index is 11.3. The van der Waals surface area contributed by atoms with Crippen LogP contribution < -0.4 is 11.1 Å². The summed E-state index contributed by atoms with van der Waals surface area (Å²) in [5.41, 5.74) is 6.30. The number of hydrogen-bond acceptors (Lipinski definition) is 4. The molecule has 0 aliphatic heterocycles. The van der Waals surface area contributed by atoms with Crippen LogP contribution in [0.15, 0.2) is 12.5 Å². The van der Waals surface area contributed by atoms with E-state index < -0.39 is 6.04 Å². The monoisotopic (exact) mass is 212 g/mol. The van der Waals surface area contributed by atoms with Crippen LogP contribution in [0.1, 0.15) is 18.7 Å². The van der Waals surface area contributed by atoms with Gasteiger partial charge in [0, 0.05) is 12.7 Å². The fraction of sp³-hybridized carbons (Fsp3) is 0.556. The van der Waals surface area contributed by atoms with Crippen LogP contribution >= 0.6 is 0 Å². The molecule has 0 saturated heterocycles. The fourth-order valence-corrected chi connectivity index (χ4v) is 1.27. The average Bonchev–Trinajstić information content (AvgIpc) is 2.65. The molecule has 4 N–H and O–H groups in total. The molecule has 84 valence electrons. The van der Waals surface area contributed by atoms with Crippen molar-refractivity contribution in [1.29, 1.82) is 0 Å². The minimum absolute atomic E-state index is 0.0955. The number of amides is 1. The van der Waals surface area contributed by atoms with Gasteiger partial charge in [-0.2, -0.15) is 0 Å². The highest BCUT2D eigenvalue weighted by molar-refractivity contribution is 5.75. The highest BCUT2D eigenvalue weighted by atomic mass is 16.3. The van der Waals surface area contributed by atoms with Crippen molar-refractivity contribution in [3.8, 4) is 0 Å². The molecular weight excluding hydrogens is 196 g/mol. The smallest absolute Gasteiger partial charge is 0.239 e. The Balaban J connectivity index is 2.68. The molecule has 0 aliphatic carbocycles. The molecule has 0 spiro atoms. The van der Waals surface area contributed by atoms with Gasteiger partial charge in [0.25, 0.3) is 0 Å². The van der Waals surface area contributed by atoms with Crippen molar-refractivity contribution in [3.05, 3.63) is 18.2 Å². The molecule has 1 amide bonds. The third-order valence-electron chi connectivity index (χ3n) is 2.01. The third-order valence-corrected chi connectivity index (χ3v) is 2.01. The molecule has 1 atom stereocenters. The zero-order chi connectivity index (χ0) is 11.3. The van der Waals surface area contributed by atoms with E-state index in [1.54, 1.807) is 10.8 Å². The molecule has 0 saturated carbocycles. The maximum Gasteiger partial charge on any atom is 0.239 e. The summed E-state index contributed by atoms with van der Waals surface area (Å²) in [5.74, 6) is -0.0955. The van der Waals surface area contributed by atoms with Gasteiger partial charge in [-0.3, -0.25) is 4.79 Å². The van der Waals surface area contributed by atoms with Gasteiger partial charge in [-0.15, -0.1) is 0 Å². The van der Waals surface area contributed by atoms with Gasteiger partial charge >= 0.3 is 0 Å². The molecule has 1 rings (SSSR count). The largest absolute Gasteiger partial charge is 0.394 e. The van der Waals surface area contributed by atoms with E-state index in [4.69, 9.17) is 10.8 Å². The molecule has 1 aromatic heterocycles. The molecule has 0 bridgehead atoms. The van der Waals surface area contributed by atoms with E-state index in [0.717, 1.165) is 0 Å². The first-order valence-corrected chi connectivity index (χ1v) is 4.82. The van der Waals surface area contributed by atoms with Crippen LogP contribution in [0.25, 0.3) is 0 Å². The first-order chi connectivity index (χ1) is 7.19. The Morgan fingerprint density at radius 1 is 1.80 bits per heavy atom. The lowest BCUT2D eigenvalue weighted by Crippen LogP contribution is -2.29. The van der Waals surface area contributed by atoms with Crippen molar-refractivity contribution in [1.82, 2.24) is 14.9 Å². The molecule has 0 fully saturated rings. The molecule has 0 aliphatic rings. The van der Waals surface area contributed by atoms with Crippen LogP contribution in [0.2, 0.25) is 0 Å². The molecule has 1 heterocycles. The predicted molar refractivity (Wildman–Crippen MR) is 54.9 cm³/mol. The van der Waals surface area contributed by atoms with Gasteiger partial charge in [-0.05, 0) is 6.92 Å². The average molecular weight is 212 g/mol. The minimum Gasteiger partial charge on any atom is -0.394 e. The lowest BCUT2D eigenvalue weighted by Gasteiger charge is -2.11. The lowest BCUT2D eigenvalue weighted by atomic mass is 10.2. The number of aliphatic hydroxyl groups is 1. The molecule has 1 aromatic rings. The summed E-state index contributed by atoms with van der Waals surface area (Å²) in [5, 5.41) is 11.6. The standard InChI is InChI=1S/C9H16N4O2/c1-2-12-9(15)4-13-6-11-3-8(13)7(10)5-14/h3,6-7,14H,2,4-5,10H2,1H3,(H,12,15). The number of hydrogen-bond donors (Lipinski definition) is 3. The predicted octanol–water partition coefficient (Wildman–Crippen LogP) is -0.989. The van der Waals surface area contributed by atoms with Crippen LogP contribution in [0, 0.1) is 0 Å². The number of imidazole rings is 1. The summed E-state index contributed by atoms with van der Waals surface area (Å²) in [7, 11) is 0. The summed E-state index contributed by atoms with van der Waals surface area (Å²) in [4.78, 5) is 15.2. The Bertz CT molecular complexity index is 324. The van der Waals surface area contributed by atoms with Gasteiger partial charge in [0.05, 0.1) is 24.7 Å². The van der Waals surface area contributed by atoms with Crippen molar-refractivity contribution in [2.75, 3.05) is 13.2 Å². The maximum absolute atomic E-state index is 11.3. The molecule has 0 aromatic carbocycles. The summed E-state index contributed by atoms with van der Waals surface area (Å²) >= 11 is 0. The number of nitrogens with one attached hydrogen (secondary N) is 1. The van der Waals surface area contributed by atoms with Crippen molar-refractivity contribution >= 4 is 5.91 Å². The number of carbonyl (C=O) groups is 1. The van der Waals surface area contributed by atoms with E-state index in [0.29, 0.717) is 12.2 Å². The van der Waals surface area contributed by atoms with E-state index in [2.05, 4.69) is 10.3 Å². The van der Waals surface area contributed by atoms with Gasteiger partial charge in [0.2, 0.25) is 5.91 Å². The topological polar surface area (TPSA) is 93.2 Å². The Labute approximate surface area is 88.1 Å². The number of carbonyl (C=O) groups excluding carboxylic acids is 1. The van der Waals surface area contributed by atoms with E-state index in [9.17, 15) is 4.79 Å². The Morgan fingerprint density at radius 2 is 2.53 bits per heavy atom. The zero-order valence-corrected chi connectivity index (χ0v) is 8.68. The summed E-state index contributed by atoms with van der Waals surface area (Å²) in [6, 6.07) is -0.498. The third kappa shape index (κ3) is 3.03. The highest BCUT2D eigenvalue weighted by Gasteiger charge is 2.12. The number of nitrogens with two attached hydrogens (primary N) is 1. The molecule has 6 nitrogen and oxygen atoms in total. The van der Waals surface area contributed by atoms with Gasteiger partial charge in [0.1, 0.15) is 6.54 Å². The number of nitrogens with zero attached hydrogens (tertiary/aromatic N) is 2. The number of aliphatic hydroxyl groups excluding tert-OH is 1. The number of likely N-dealkylation sites (N-methyl/N-ethyl adjacent to an activating group) is 1. The van der Waals surface area contributed by atoms with Crippen LogP contribution in [0.5, 0.6) is 0 Å². The van der Waals surface area contributed by atoms with E-state index in [-0.39, 0.29) is 19.1 Å². The van der Waals surface area contributed by atoms with Crippen LogP contribution in [0.3, 0.4) is 0 Å². The van der Waals surface area contributed by atoms with Crippen LogP contribution in [-0.4, -0.2) is 33.7 Å². The molecule has 1 unspecified atom stereocenters. The normalized spacial score (nSPS) is 12.5. The molecule has 15 heavy (non-hydrogen) atoms. The Kier molecular flexibility index (Phi) is 4.26. The van der Waals surface area contributed by atoms with Crippen molar-refractivity contribution in [3.63, 3.8) is 0 Å². The number of rotatable bonds is 5. The zero-order valence-electron chi connectivity index (χ0n) is 8.68. The summed E-state index contributed by atoms with van der Waals surface area (Å²) in [6.45, 7) is 2.46. The van der Waals surface area contributed by atoms with Gasteiger partial charge in [-0.25, -0.2) is 4.98 Å². The van der Waals surface area contributed by atoms with E-state index in [1.165, 1.54) is 6.33 Å². The fourth-order valence-electron chi connectivity index (χ4n) is 1.27. The summed E-state index contributed by atoms with van der Waals surface area (Å²) in [6.07, 6.45) is 3.08. The van der Waals surface area contributed by atoms with Gasteiger partial charge in [-0.1, -0.05) is 0 Å². The SMILES string of the molecule is CCNC(=O)Cn1cncc1C(N)CO. The Hall–Kier alpha value is -1.40. The van der Waals surface area contributed by atoms with Crippen molar-refractivity contribution in [2.24, 2.45) is 5.73 Å². The summed E-state index contributed by atoms with van der Waals surface area (Å²) < 4.78 is 1.63. The van der Waals surface area contributed by atoms with E-state index >= 15 is 0 Å². The number of aromatic nitrogens is 2. The second-order valence-corrected chi connectivity index (χ2v) is 3.19. The molecule has 6 heteroatoms. The van der Waals surface area contributed by atoms with Crippen LogP contribution in [-0.2, 0) is 11.3 Å². The molecule has 0 radical (unpaired) electrons. The van der Waals surface area contributed by atoms with Gasteiger partial charge < -0.3 is 20.7 Å². The first-order valence-electron chi connectivity index (χ1n) is 4.82. The van der Waals surface area contributed by atoms with Gasteiger partial charge in [0.15, 0.2) is 0 Å². The second kappa shape index (κ2) is 5.47. The quantitative estimate of drug-likeness (QED) is 0.584. The lowest BCUT2D eigenvalue weighted by molar-refractivity contribution is -0.121.